The molecule has 2 heterocycles. The minimum absolute atomic E-state index is 0.113. The van der Waals surface area contributed by atoms with Crippen molar-refractivity contribution in [1.82, 2.24) is 9.97 Å². The summed E-state index contributed by atoms with van der Waals surface area (Å²) in [5, 5.41) is 10.9. The zero-order valence-electron chi connectivity index (χ0n) is 15.7. The van der Waals surface area contributed by atoms with Gasteiger partial charge >= 0.3 is 11.9 Å². The fraction of sp³-hybridized carbons (Fsp3) is 0.0909. The van der Waals surface area contributed by atoms with Crippen molar-refractivity contribution in [2.45, 2.75) is 6.92 Å². The summed E-state index contributed by atoms with van der Waals surface area (Å²) in [5.74, 6) is -2.26. The zero-order chi connectivity index (χ0) is 20.5. The largest absolute Gasteiger partial charge is 0.480 e. The van der Waals surface area contributed by atoms with Crippen molar-refractivity contribution in [3.63, 3.8) is 0 Å². The Morgan fingerprint density at radius 2 is 1.66 bits per heavy atom. The Hall–Kier alpha value is -4.00. The van der Waals surface area contributed by atoms with Crippen LogP contribution in [-0.2, 0) is 0 Å². The van der Waals surface area contributed by atoms with Crippen LogP contribution in [0.3, 0.4) is 0 Å². The second-order valence-corrected chi connectivity index (χ2v) is 6.35. The number of pyridine rings is 2. The molecule has 0 aliphatic heterocycles. The fourth-order valence-electron chi connectivity index (χ4n) is 3.17. The van der Waals surface area contributed by atoms with Crippen LogP contribution in [0.2, 0.25) is 0 Å². The van der Waals surface area contributed by atoms with Crippen LogP contribution in [-0.4, -0.2) is 34.1 Å². The summed E-state index contributed by atoms with van der Waals surface area (Å²) in [4.78, 5) is 33.5. The molecule has 0 fully saturated rings. The molecule has 7 heteroatoms. The van der Waals surface area contributed by atoms with E-state index in [0.29, 0.717) is 16.6 Å². The molecule has 0 unspecified atom stereocenters. The van der Waals surface area contributed by atoms with Crippen molar-refractivity contribution in [2.24, 2.45) is 0 Å². The molecule has 0 spiro atoms. The van der Waals surface area contributed by atoms with Crippen molar-refractivity contribution in [3.05, 3.63) is 71.4 Å². The van der Waals surface area contributed by atoms with Gasteiger partial charge in [-0.15, -0.1) is 0 Å². The van der Waals surface area contributed by atoms with Crippen molar-refractivity contribution >= 4 is 33.7 Å². The van der Waals surface area contributed by atoms with Gasteiger partial charge in [0, 0.05) is 10.8 Å². The van der Waals surface area contributed by atoms with E-state index in [1.165, 1.54) is 7.11 Å². The number of fused-ring (bicyclic) bond motifs is 2. The molecule has 0 saturated heterocycles. The SMILES string of the molecule is COc1nc2ccccc2c(OC(=O)c2cc3ccccc3nc2C)c1C(=O)O. The number of carboxylic acid groups (broad SMARTS) is 1. The number of para-hydroxylation sites is 2. The van der Waals surface area contributed by atoms with Gasteiger partial charge in [0.1, 0.15) is 0 Å². The number of aryl methyl sites for hydroxylation is 1. The van der Waals surface area contributed by atoms with Crippen LogP contribution in [0.1, 0.15) is 26.4 Å². The molecule has 7 nitrogen and oxygen atoms in total. The number of esters is 1. The van der Waals surface area contributed by atoms with Crippen LogP contribution in [0.25, 0.3) is 21.8 Å². The van der Waals surface area contributed by atoms with Crippen LogP contribution in [0.15, 0.2) is 54.6 Å². The number of hydrogen-bond donors (Lipinski definition) is 1. The summed E-state index contributed by atoms with van der Waals surface area (Å²) in [6.45, 7) is 1.70. The number of aromatic carboxylic acids is 1. The van der Waals surface area contributed by atoms with Crippen LogP contribution in [0.4, 0.5) is 0 Å². The Kier molecular flexibility index (Phi) is 4.56. The molecule has 4 aromatic rings. The van der Waals surface area contributed by atoms with E-state index in [0.717, 1.165) is 10.9 Å². The lowest BCUT2D eigenvalue weighted by Crippen LogP contribution is -2.15. The lowest BCUT2D eigenvalue weighted by Gasteiger charge is -2.14. The number of benzene rings is 2. The summed E-state index contributed by atoms with van der Waals surface area (Å²) < 4.78 is 10.7. The Bertz CT molecular complexity index is 1280. The molecule has 0 bridgehead atoms. The first-order valence-electron chi connectivity index (χ1n) is 8.78. The molecule has 0 atom stereocenters. The summed E-state index contributed by atoms with van der Waals surface area (Å²) in [6.07, 6.45) is 0. The van der Waals surface area contributed by atoms with Gasteiger partial charge in [0.25, 0.3) is 0 Å². The maximum absolute atomic E-state index is 13.0. The molecule has 144 valence electrons. The molecule has 0 saturated carbocycles. The number of ether oxygens (including phenoxy) is 2. The van der Waals surface area contributed by atoms with Gasteiger partial charge in [-0.25, -0.2) is 14.6 Å². The highest BCUT2D eigenvalue weighted by atomic mass is 16.5. The minimum atomic E-state index is -1.31. The number of carbonyl (C=O) groups excluding carboxylic acids is 1. The molecular formula is C22H16N2O5. The molecule has 2 aromatic heterocycles. The normalized spacial score (nSPS) is 10.8. The second-order valence-electron chi connectivity index (χ2n) is 6.35. The van der Waals surface area contributed by atoms with E-state index < -0.39 is 11.9 Å². The smallest absolute Gasteiger partial charge is 0.345 e. The van der Waals surface area contributed by atoms with Gasteiger partial charge in [-0.3, -0.25) is 4.98 Å². The number of hydrogen-bond acceptors (Lipinski definition) is 6. The number of carboxylic acids is 1. The van der Waals surface area contributed by atoms with E-state index in [2.05, 4.69) is 9.97 Å². The fourth-order valence-corrected chi connectivity index (χ4v) is 3.17. The predicted octanol–water partition coefficient (Wildman–Crippen LogP) is 4.02. The third-order valence-corrected chi connectivity index (χ3v) is 4.55. The topological polar surface area (TPSA) is 98.6 Å². The van der Waals surface area contributed by atoms with Gasteiger partial charge in [0.2, 0.25) is 5.88 Å². The monoisotopic (exact) mass is 388 g/mol. The summed E-state index contributed by atoms with van der Waals surface area (Å²) in [5.41, 5.74) is 1.62. The van der Waals surface area contributed by atoms with Gasteiger partial charge in [-0.2, -0.15) is 0 Å². The first-order valence-corrected chi connectivity index (χ1v) is 8.78. The Balaban J connectivity index is 1.87. The Morgan fingerprint density at radius 1 is 0.966 bits per heavy atom. The Labute approximate surface area is 165 Å². The van der Waals surface area contributed by atoms with Crippen molar-refractivity contribution in [1.29, 1.82) is 0 Å². The van der Waals surface area contributed by atoms with Crippen molar-refractivity contribution in [2.75, 3.05) is 7.11 Å². The molecular weight excluding hydrogens is 372 g/mol. The highest BCUT2D eigenvalue weighted by Gasteiger charge is 2.26. The van der Waals surface area contributed by atoms with E-state index in [4.69, 9.17) is 9.47 Å². The van der Waals surface area contributed by atoms with Crippen LogP contribution >= 0.6 is 0 Å². The molecule has 2 aromatic carbocycles. The molecule has 1 N–H and O–H groups in total. The van der Waals surface area contributed by atoms with E-state index in [1.807, 2.05) is 24.3 Å². The molecule has 0 aliphatic rings. The maximum atomic E-state index is 13.0. The standard InChI is InChI=1S/C22H16N2O5/c1-12-15(11-13-7-3-5-9-16(13)23-12)22(27)29-19-14-8-4-6-10-17(14)24-20(28-2)18(19)21(25)26/h3-11H,1-2H3,(H,25,26). The van der Waals surface area contributed by atoms with Gasteiger partial charge in [-0.1, -0.05) is 30.3 Å². The number of rotatable bonds is 4. The number of aromatic nitrogens is 2. The summed E-state index contributed by atoms with van der Waals surface area (Å²) in [7, 11) is 1.31. The average Bonchev–Trinajstić information content (AvgIpc) is 2.72. The lowest BCUT2D eigenvalue weighted by molar-refractivity contribution is 0.0678. The van der Waals surface area contributed by atoms with Gasteiger partial charge in [0.15, 0.2) is 11.3 Å². The van der Waals surface area contributed by atoms with Gasteiger partial charge in [0.05, 0.1) is 29.4 Å². The highest BCUT2D eigenvalue weighted by molar-refractivity contribution is 6.04. The first kappa shape index (κ1) is 18.4. The second kappa shape index (κ2) is 7.20. The van der Waals surface area contributed by atoms with E-state index in [-0.39, 0.29) is 22.8 Å². The first-order chi connectivity index (χ1) is 14.0. The number of methoxy groups -OCH3 is 1. The number of carbonyl (C=O) groups is 2. The minimum Gasteiger partial charge on any atom is -0.480 e. The maximum Gasteiger partial charge on any atom is 0.345 e. The molecule has 0 amide bonds. The van der Waals surface area contributed by atoms with Crippen molar-refractivity contribution in [3.8, 4) is 11.6 Å². The quantitative estimate of drug-likeness (QED) is 0.527. The Morgan fingerprint density at radius 3 is 2.38 bits per heavy atom. The van der Waals surface area contributed by atoms with Crippen LogP contribution in [0, 0.1) is 6.92 Å². The molecule has 0 aliphatic carbocycles. The lowest BCUT2D eigenvalue weighted by atomic mass is 10.1. The zero-order valence-corrected chi connectivity index (χ0v) is 15.7. The average molecular weight is 388 g/mol. The molecule has 29 heavy (non-hydrogen) atoms. The molecule has 4 rings (SSSR count). The van der Waals surface area contributed by atoms with Crippen LogP contribution in [0.5, 0.6) is 11.6 Å². The van der Waals surface area contributed by atoms with E-state index in [1.54, 1.807) is 37.3 Å². The third-order valence-electron chi connectivity index (χ3n) is 4.55. The summed E-state index contributed by atoms with van der Waals surface area (Å²) in [6, 6.07) is 15.9. The van der Waals surface area contributed by atoms with Crippen molar-refractivity contribution < 1.29 is 24.2 Å². The molecule has 0 radical (unpaired) electrons. The van der Waals surface area contributed by atoms with Gasteiger partial charge < -0.3 is 14.6 Å². The van der Waals surface area contributed by atoms with E-state index in [9.17, 15) is 14.7 Å². The highest BCUT2D eigenvalue weighted by Crippen LogP contribution is 2.35. The van der Waals surface area contributed by atoms with Gasteiger partial charge in [-0.05, 0) is 31.2 Å². The number of nitrogens with zero attached hydrogens (tertiary/aromatic N) is 2. The van der Waals surface area contributed by atoms with Crippen LogP contribution < -0.4 is 9.47 Å². The predicted molar refractivity (Wildman–Crippen MR) is 107 cm³/mol. The summed E-state index contributed by atoms with van der Waals surface area (Å²) >= 11 is 0. The van der Waals surface area contributed by atoms with E-state index >= 15 is 0 Å². The third kappa shape index (κ3) is 3.23.